The van der Waals surface area contributed by atoms with Crippen LogP contribution >= 0.6 is 0 Å². The van der Waals surface area contributed by atoms with E-state index in [1.807, 2.05) is 26.0 Å². The molecule has 1 aromatic rings. The smallest absolute Gasteiger partial charge is 0.357 e. The minimum Gasteiger partial charge on any atom is -0.492 e. The molecule has 0 bridgehead atoms. The van der Waals surface area contributed by atoms with Gasteiger partial charge in [-0.05, 0) is 59.5 Å². The molecule has 3 saturated heterocycles. The molecule has 0 radical (unpaired) electrons. The number of aromatic hydroxyl groups is 2. The van der Waals surface area contributed by atoms with Crippen LogP contribution in [0.25, 0.3) is 0 Å². The number of ether oxygens (including phenoxy) is 4. The van der Waals surface area contributed by atoms with Crippen LogP contribution in [-0.2, 0) is 38.1 Å². The number of aromatic nitrogens is 1. The van der Waals surface area contributed by atoms with Gasteiger partial charge in [0.1, 0.15) is 29.5 Å². The summed E-state index contributed by atoms with van der Waals surface area (Å²) in [7, 11) is 0. The zero-order chi connectivity index (χ0) is 37.7. The Kier molecular flexibility index (Phi) is 12.8. The third-order valence-corrected chi connectivity index (χ3v) is 9.27. The van der Waals surface area contributed by atoms with Gasteiger partial charge in [-0.3, -0.25) is 14.4 Å². The van der Waals surface area contributed by atoms with E-state index < -0.39 is 65.2 Å². The Morgan fingerprint density at radius 2 is 1.78 bits per heavy atom. The Balaban J connectivity index is 1.28. The van der Waals surface area contributed by atoms with E-state index in [9.17, 15) is 34.5 Å². The normalized spacial score (nSPS) is 30.3. The molecule has 3 aliphatic rings. The summed E-state index contributed by atoms with van der Waals surface area (Å²) in [5.41, 5.74) is -1.42. The summed E-state index contributed by atoms with van der Waals surface area (Å²) in [6, 6.07) is 2.12. The van der Waals surface area contributed by atoms with Crippen molar-refractivity contribution >= 4 is 23.8 Å². The van der Waals surface area contributed by atoms with Crippen LogP contribution in [0.15, 0.2) is 48.1 Å². The second-order valence-corrected chi connectivity index (χ2v) is 14.2. The number of carbonyl (C=O) groups excluding carboxylic acids is 4. The molecule has 1 aromatic heterocycles. The maximum atomic E-state index is 13.0. The Labute approximate surface area is 297 Å². The largest absolute Gasteiger partial charge is 0.492 e. The molecule has 282 valence electrons. The second-order valence-electron chi connectivity index (χ2n) is 14.2. The molecule has 15 heteroatoms. The summed E-state index contributed by atoms with van der Waals surface area (Å²) in [6.07, 6.45) is 6.97. The molecule has 5 N–H and O–H groups in total. The molecule has 4 rings (SSSR count). The van der Waals surface area contributed by atoms with Crippen molar-refractivity contribution in [3.63, 3.8) is 0 Å². The number of hydrogen-bond acceptors (Lipinski definition) is 12. The lowest BCUT2D eigenvalue weighted by Gasteiger charge is -2.39. The number of aliphatic hydroxyl groups excluding tert-OH is 1. The highest BCUT2D eigenvalue weighted by Gasteiger charge is 2.58. The van der Waals surface area contributed by atoms with Crippen molar-refractivity contribution in [1.82, 2.24) is 15.4 Å². The predicted molar refractivity (Wildman–Crippen MR) is 182 cm³/mol. The van der Waals surface area contributed by atoms with Crippen molar-refractivity contribution in [3.05, 3.63) is 48.1 Å². The van der Waals surface area contributed by atoms with Crippen LogP contribution in [0.4, 0.5) is 0 Å². The number of carbonyl (C=O) groups is 4. The summed E-state index contributed by atoms with van der Waals surface area (Å²) in [5.74, 6) is -2.94. The fraction of sp³-hybridized carbons (Fsp3) is 0.611. The van der Waals surface area contributed by atoms with Gasteiger partial charge in [0.25, 0.3) is 0 Å². The topological polar surface area (TPSA) is 207 Å². The van der Waals surface area contributed by atoms with Gasteiger partial charge in [-0.25, -0.2) is 4.79 Å². The van der Waals surface area contributed by atoms with Crippen LogP contribution in [0, 0.1) is 5.92 Å². The van der Waals surface area contributed by atoms with Gasteiger partial charge in [-0.2, -0.15) is 0 Å². The zero-order valence-electron chi connectivity index (χ0n) is 30.2. The molecule has 9 unspecified atom stereocenters. The minimum absolute atomic E-state index is 0.0697. The van der Waals surface area contributed by atoms with Crippen molar-refractivity contribution in [2.24, 2.45) is 5.92 Å². The van der Waals surface area contributed by atoms with Crippen LogP contribution in [-0.4, -0.2) is 104 Å². The summed E-state index contributed by atoms with van der Waals surface area (Å²) in [6.45, 7) is 12.1. The fourth-order valence-corrected chi connectivity index (χ4v) is 6.24. The third-order valence-electron chi connectivity index (χ3n) is 9.27. The summed E-state index contributed by atoms with van der Waals surface area (Å²) in [5, 5.41) is 36.1. The number of rotatable bonds is 13. The van der Waals surface area contributed by atoms with E-state index in [1.165, 1.54) is 32.9 Å². The van der Waals surface area contributed by atoms with Crippen LogP contribution < -0.4 is 15.5 Å². The quantitative estimate of drug-likeness (QED) is 0.0861. The summed E-state index contributed by atoms with van der Waals surface area (Å²) >= 11 is 0. The highest BCUT2D eigenvalue weighted by Crippen LogP contribution is 2.43. The van der Waals surface area contributed by atoms with Gasteiger partial charge < -0.3 is 49.7 Å². The molecular formula is C36H51N3O12. The lowest BCUT2D eigenvalue weighted by molar-refractivity contribution is -0.156. The van der Waals surface area contributed by atoms with Gasteiger partial charge in [0.05, 0.1) is 37.4 Å². The highest BCUT2D eigenvalue weighted by atomic mass is 16.7. The molecule has 0 aromatic carbocycles. The van der Waals surface area contributed by atoms with Crippen molar-refractivity contribution < 1.29 is 58.3 Å². The molecule has 3 fully saturated rings. The fourth-order valence-electron chi connectivity index (χ4n) is 6.24. The van der Waals surface area contributed by atoms with Crippen molar-refractivity contribution in [2.75, 3.05) is 6.61 Å². The maximum absolute atomic E-state index is 13.0. The highest BCUT2D eigenvalue weighted by molar-refractivity contribution is 5.88. The van der Waals surface area contributed by atoms with Crippen LogP contribution in [0.3, 0.4) is 0 Å². The molecule has 1 spiro atoms. The standard InChI is InChI=1S/C36H51N3O12/c1-20(8-11-27-21(2)16-26(23(4)49-27)37-29(41)13-10-22(3)48-24(5)40)9-12-28-33(45)36(19-47-36)18-25(50-28)17-30(42)38-35(6,7)34(46)51-39-31(43)14-15-32(39)44/h8-10,12-15,21-23,25-28,33,43-45H,11,16-19H2,1-7H3,(H,37,41)(H,38,42). The van der Waals surface area contributed by atoms with E-state index in [4.69, 9.17) is 23.8 Å². The first-order valence-electron chi connectivity index (χ1n) is 17.2. The molecule has 2 amide bonds. The van der Waals surface area contributed by atoms with Crippen LogP contribution in [0.5, 0.6) is 11.8 Å². The Bertz CT molecular complexity index is 1510. The molecule has 0 saturated carbocycles. The average molecular weight is 718 g/mol. The molecule has 15 nitrogen and oxygen atoms in total. The van der Waals surface area contributed by atoms with Gasteiger partial charge in [0.15, 0.2) is 0 Å². The number of amides is 2. The number of esters is 1. The number of aliphatic hydroxyl groups is 1. The first kappa shape index (κ1) is 39.6. The minimum atomic E-state index is -1.51. The lowest BCUT2D eigenvalue weighted by Crippen LogP contribution is -2.55. The van der Waals surface area contributed by atoms with Crippen LogP contribution in [0.1, 0.15) is 74.1 Å². The van der Waals surface area contributed by atoms with Gasteiger partial charge in [-0.15, -0.1) is 4.73 Å². The lowest BCUT2D eigenvalue weighted by atomic mass is 9.87. The number of hydrogen-bond donors (Lipinski definition) is 5. The van der Waals surface area contributed by atoms with E-state index in [-0.39, 0.29) is 42.9 Å². The zero-order valence-corrected chi connectivity index (χ0v) is 30.2. The van der Waals surface area contributed by atoms with Gasteiger partial charge in [0, 0.05) is 31.6 Å². The first-order chi connectivity index (χ1) is 23.9. The summed E-state index contributed by atoms with van der Waals surface area (Å²) < 4.78 is 23.6. The van der Waals surface area contributed by atoms with E-state index in [2.05, 4.69) is 17.6 Å². The molecule has 51 heavy (non-hydrogen) atoms. The molecule has 0 aliphatic carbocycles. The predicted octanol–water partition coefficient (Wildman–Crippen LogP) is 2.13. The van der Waals surface area contributed by atoms with Crippen molar-refractivity contribution in [3.8, 4) is 11.8 Å². The van der Waals surface area contributed by atoms with Gasteiger partial charge in [0.2, 0.25) is 23.6 Å². The molecule has 4 heterocycles. The van der Waals surface area contributed by atoms with E-state index in [0.29, 0.717) is 17.8 Å². The number of allylic oxidation sites excluding steroid dienone is 2. The Morgan fingerprint density at radius 1 is 1.12 bits per heavy atom. The number of epoxide rings is 1. The van der Waals surface area contributed by atoms with Crippen molar-refractivity contribution in [2.45, 2.75) is 128 Å². The van der Waals surface area contributed by atoms with E-state index >= 15 is 0 Å². The molecule has 9 atom stereocenters. The second kappa shape index (κ2) is 16.4. The third kappa shape index (κ3) is 10.7. The van der Waals surface area contributed by atoms with Crippen LogP contribution in [0.2, 0.25) is 0 Å². The first-order valence-corrected chi connectivity index (χ1v) is 17.2. The monoisotopic (exact) mass is 717 g/mol. The number of nitrogens with zero attached hydrogens (tertiary/aromatic N) is 1. The van der Waals surface area contributed by atoms with Crippen molar-refractivity contribution in [1.29, 1.82) is 0 Å². The SMILES string of the molecule is CC(=O)OC(C)C=CC(=O)NC1CC(C)C(CC=C(C)C=CC2OC(CC(=O)NC(C)(C)C(=O)On3c(O)ccc3O)CC3(CO3)C2O)OC1C. The molecular weight excluding hydrogens is 666 g/mol. The van der Waals surface area contributed by atoms with E-state index in [0.717, 1.165) is 24.1 Å². The number of nitrogens with one attached hydrogen (secondary N) is 2. The van der Waals surface area contributed by atoms with Gasteiger partial charge in [-0.1, -0.05) is 30.7 Å². The van der Waals surface area contributed by atoms with Gasteiger partial charge >= 0.3 is 11.9 Å². The summed E-state index contributed by atoms with van der Waals surface area (Å²) in [4.78, 5) is 54.3. The molecule has 3 aliphatic heterocycles. The Hall–Kier alpha value is -4.18. The average Bonchev–Trinajstić information content (AvgIpc) is 3.74. The maximum Gasteiger partial charge on any atom is 0.357 e. The Morgan fingerprint density at radius 3 is 2.41 bits per heavy atom. The van der Waals surface area contributed by atoms with E-state index in [1.54, 1.807) is 13.0 Å².